The molecule has 7 nitrogen and oxygen atoms in total. The number of anilines is 1. The highest BCUT2D eigenvalue weighted by Gasteiger charge is 2.24. The maximum Gasteiger partial charge on any atom is 0.349 e. The summed E-state index contributed by atoms with van der Waals surface area (Å²) in [4.78, 5) is 38.5. The summed E-state index contributed by atoms with van der Waals surface area (Å²) in [5, 5.41) is 16.5. The van der Waals surface area contributed by atoms with Gasteiger partial charge >= 0.3 is 11.6 Å². The standard InChI is InChI=1S/C23H16N2O5S2/c1-3-29-23(28)19-12(2)18(31-11-24)21(32-19)25-20(26)16-10-15-14-7-5-4-6-13(14)8-9-17(15)30-22(16)27/h4-10H,3H2,1-2H3,(H,25,26). The molecule has 0 bridgehead atoms. The van der Waals surface area contributed by atoms with Gasteiger partial charge in [0.2, 0.25) is 0 Å². The van der Waals surface area contributed by atoms with Gasteiger partial charge in [-0.3, -0.25) is 4.79 Å². The highest BCUT2D eigenvalue weighted by Crippen LogP contribution is 2.40. The van der Waals surface area contributed by atoms with Gasteiger partial charge < -0.3 is 14.5 Å². The summed E-state index contributed by atoms with van der Waals surface area (Å²) in [5.41, 5.74) is -0.0430. The molecule has 4 rings (SSSR count). The molecule has 0 saturated heterocycles. The summed E-state index contributed by atoms with van der Waals surface area (Å²) in [6.07, 6.45) is 0. The molecule has 0 radical (unpaired) electrons. The topological polar surface area (TPSA) is 109 Å². The number of benzene rings is 2. The van der Waals surface area contributed by atoms with E-state index in [1.54, 1.807) is 19.9 Å². The number of thiophene rings is 1. The molecule has 1 N–H and O–H groups in total. The maximum atomic E-state index is 13.0. The van der Waals surface area contributed by atoms with Crippen LogP contribution in [0, 0.1) is 17.6 Å². The summed E-state index contributed by atoms with van der Waals surface area (Å²) in [6.45, 7) is 3.57. The number of thiocyanates is 1. The van der Waals surface area contributed by atoms with Gasteiger partial charge in [0.15, 0.2) is 0 Å². The van der Waals surface area contributed by atoms with Crippen LogP contribution in [-0.4, -0.2) is 18.5 Å². The molecule has 0 saturated carbocycles. The molecule has 1 amide bonds. The van der Waals surface area contributed by atoms with Gasteiger partial charge in [-0.1, -0.05) is 30.3 Å². The predicted molar refractivity (Wildman–Crippen MR) is 124 cm³/mol. The number of nitrogens with zero attached hydrogens (tertiary/aromatic N) is 1. The fourth-order valence-corrected chi connectivity index (χ4v) is 5.14. The van der Waals surface area contributed by atoms with Crippen molar-refractivity contribution in [2.45, 2.75) is 18.7 Å². The molecule has 0 aliphatic rings. The average molecular weight is 465 g/mol. The quantitative estimate of drug-likeness (QED) is 0.140. The largest absolute Gasteiger partial charge is 0.462 e. The zero-order valence-corrected chi connectivity index (χ0v) is 18.7. The molecule has 2 heterocycles. The molecule has 9 heteroatoms. The smallest absolute Gasteiger partial charge is 0.349 e. The van der Waals surface area contributed by atoms with Gasteiger partial charge in [0.25, 0.3) is 5.91 Å². The normalized spacial score (nSPS) is 10.8. The first-order valence-electron chi connectivity index (χ1n) is 9.58. The Hall–Kier alpha value is -3.61. The van der Waals surface area contributed by atoms with E-state index in [9.17, 15) is 14.4 Å². The minimum absolute atomic E-state index is 0.175. The van der Waals surface area contributed by atoms with Crippen LogP contribution in [0.3, 0.4) is 0 Å². The van der Waals surface area contributed by atoms with Crippen LogP contribution in [0.25, 0.3) is 21.7 Å². The molecule has 0 unspecified atom stereocenters. The molecule has 2 aromatic heterocycles. The van der Waals surface area contributed by atoms with E-state index in [-0.39, 0.29) is 17.0 Å². The predicted octanol–water partition coefficient (Wildman–Crippen LogP) is 5.32. The number of amides is 1. The van der Waals surface area contributed by atoms with Crippen LogP contribution in [0.4, 0.5) is 5.00 Å². The molecular formula is C23H16N2O5S2. The Morgan fingerprint density at radius 1 is 1.22 bits per heavy atom. The van der Waals surface area contributed by atoms with Crippen molar-refractivity contribution in [1.82, 2.24) is 0 Å². The highest BCUT2D eigenvalue weighted by atomic mass is 32.2. The lowest BCUT2D eigenvalue weighted by Crippen LogP contribution is -2.20. The molecule has 0 atom stereocenters. The van der Waals surface area contributed by atoms with E-state index >= 15 is 0 Å². The van der Waals surface area contributed by atoms with Crippen LogP contribution in [0.1, 0.15) is 32.5 Å². The minimum Gasteiger partial charge on any atom is -0.462 e. The molecule has 0 aliphatic carbocycles. The Morgan fingerprint density at radius 3 is 2.75 bits per heavy atom. The lowest BCUT2D eigenvalue weighted by atomic mass is 10.0. The summed E-state index contributed by atoms with van der Waals surface area (Å²) in [5.74, 6) is -1.22. The second kappa shape index (κ2) is 8.86. The van der Waals surface area contributed by atoms with Crippen LogP contribution < -0.4 is 10.9 Å². The zero-order valence-electron chi connectivity index (χ0n) is 17.1. The first-order chi connectivity index (χ1) is 15.4. The van der Waals surface area contributed by atoms with Crippen molar-refractivity contribution in [2.24, 2.45) is 0 Å². The van der Waals surface area contributed by atoms with Gasteiger partial charge in [-0.05, 0) is 54.1 Å². The molecular weight excluding hydrogens is 448 g/mol. The number of hydrogen-bond donors (Lipinski definition) is 1. The van der Waals surface area contributed by atoms with Crippen molar-refractivity contribution in [1.29, 1.82) is 5.26 Å². The molecule has 0 spiro atoms. The first-order valence-corrected chi connectivity index (χ1v) is 11.2. The third-order valence-electron chi connectivity index (χ3n) is 4.81. The van der Waals surface area contributed by atoms with E-state index in [4.69, 9.17) is 14.4 Å². The lowest BCUT2D eigenvalue weighted by Gasteiger charge is -2.07. The van der Waals surface area contributed by atoms with E-state index < -0.39 is 17.5 Å². The summed E-state index contributed by atoms with van der Waals surface area (Å²) in [7, 11) is 0. The van der Waals surface area contributed by atoms with Gasteiger partial charge in [0.1, 0.15) is 26.4 Å². The molecule has 32 heavy (non-hydrogen) atoms. The van der Waals surface area contributed by atoms with Crippen LogP contribution in [-0.2, 0) is 4.74 Å². The number of nitriles is 1. The third-order valence-corrected chi connectivity index (χ3v) is 6.94. The first kappa shape index (κ1) is 21.6. The Morgan fingerprint density at radius 2 is 2.00 bits per heavy atom. The van der Waals surface area contributed by atoms with Crippen LogP contribution in [0.15, 0.2) is 56.6 Å². The Labute approximate surface area is 190 Å². The van der Waals surface area contributed by atoms with Crippen molar-refractivity contribution in [3.63, 3.8) is 0 Å². The number of esters is 1. The SMILES string of the molecule is CCOC(=O)c1sc(NC(=O)c2cc3c(ccc4ccccc43)oc2=O)c(SC#N)c1C. The van der Waals surface area contributed by atoms with Gasteiger partial charge in [-0.2, -0.15) is 5.26 Å². The van der Waals surface area contributed by atoms with Crippen LogP contribution in [0.2, 0.25) is 0 Å². The summed E-state index contributed by atoms with van der Waals surface area (Å²) >= 11 is 1.82. The Balaban J connectivity index is 1.77. The maximum absolute atomic E-state index is 13.0. The van der Waals surface area contributed by atoms with Crippen LogP contribution in [0.5, 0.6) is 0 Å². The number of carbonyl (C=O) groups is 2. The van der Waals surface area contributed by atoms with E-state index in [0.717, 1.165) is 33.9 Å². The fourth-order valence-electron chi connectivity index (χ4n) is 3.34. The van der Waals surface area contributed by atoms with E-state index in [1.165, 1.54) is 6.07 Å². The van der Waals surface area contributed by atoms with Crippen molar-refractivity contribution in [3.05, 3.63) is 68.9 Å². The van der Waals surface area contributed by atoms with Gasteiger partial charge in [0, 0.05) is 5.39 Å². The summed E-state index contributed by atoms with van der Waals surface area (Å²) < 4.78 is 10.4. The number of hydrogen-bond acceptors (Lipinski definition) is 8. The molecule has 4 aromatic rings. The van der Waals surface area contributed by atoms with Gasteiger partial charge in [0.05, 0.1) is 11.5 Å². The van der Waals surface area contributed by atoms with Crippen molar-refractivity contribution < 1.29 is 18.7 Å². The third kappa shape index (κ3) is 3.86. The van der Waals surface area contributed by atoms with Crippen molar-refractivity contribution in [3.8, 4) is 5.40 Å². The zero-order chi connectivity index (χ0) is 22.8. The number of carbonyl (C=O) groups excluding carboxylic acids is 2. The molecule has 0 fully saturated rings. The minimum atomic E-state index is -0.779. The van der Waals surface area contributed by atoms with Gasteiger partial charge in [-0.25, -0.2) is 9.59 Å². The number of rotatable bonds is 5. The number of thioether (sulfide) groups is 1. The molecule has 160 valence electrons. The summed E-state index contributed by atoms with van der Waals surface area (Å²) in [6, 6.07) is 12.6. The Kier molecular flexibility index (Phi) is 5.99. The second-order valence-corrected chi connectivity index (χ2v) is 8.54. The van der Waals surface area contributed by atoms with E-state index in [1.807, 2.05) is 35.7 Å². The van der Waals surface area contributed by atoms with E-state index in [2.05, 4.69) is 5.32 Å². The molecule has 0 aliphatic heterocycles. The van der Waals surface area contributed by atoms with Crippen LogP contribution >= 0.6 is 23.1 Å². The molecule has 2 aromatic carbocycles. The Bertz CT molecular complexity index is 1480. The van der Waals surface area contributed by atoms with Crippen molar-refractivity contribution in [2.75, 3.05) is 11.9 Å². The second-order valence-electron chi connectivity index (χ2n) is 6.73. The highest BCUT2D eigenvalue weighted by molar-refractivity contribution is 8.04. The number of fused-ring (bicyclic) bond motifs is 3. The fraction of sp³-hybridized carbons (Fsp3) is 0.130. The van der Waals surface area contributed by atoms with Crippen molar-refractivity contribution >= 4 is 61.7 Å². The van der Waals surface area contributed by atoms with E-state index in [0.29, 0.717) is 26.4 Å². The monoisotopic (exact) mass is 464 g/mol. The lowest BCUT2D eigenvalue weighted by molar-refractivity contribution is 0.0531. The number of nitrogens with one attached hydrogen (secondary N) is 1. The average Bonchev–Trinajstić information content (AvgIpc) is 3.08. The van der Waals surface area contributed by atoms with Gasteiger partial charge in [-0.15, -0.1) is 11.3 Å². The number of ether oxygens (including phenoxy) is 1.